The number of hydrogen-bond acceptors (Lipinski definition) is 5. The van der Waals surface area contributed by atoms with E-state index in [1.165, 1.54) is 6.07 Å². The Balaban J connectivity index is 1.76. The first-order valence-corrected chi connectivity index (χ1v) is 8.16. The molecule has 1 fully saturated rings. The second-order valence-electron chi connectivity index (χ2n) is 6.82. The third-order valence-corrected chi connectivity index (χ3v) is 4.65. The molecule has 0 bridgehead atoms. The van der Waals surface area contributed by atoms with E-state index in [2.05, 4.69) is 11.8 Å². The predicted octanol–water partition coefficient (Wildman–Crippen LogP) is 3.45. The van der Waals surface area contributed by atoms with Gasteiger partial charge in [-0.1, -0.05) is 19.1 Å². The first kappa shape index (κ1) is 16.7. The average Bonchev–Trinajstić information content (AvgIpc) is 3.03. The third kappa shape index (κ3) is 3.49. The van der Waals surface area contributed by atoms with Crippen molar-refractivity contribution in [2.75, 3.05) is 19.7 Å². The number of benzene rings is 1. The molecule has 1 unspecified atom stereocenters. The summed E-state index contributed by atoms with van der Waals surface area (Å²) >= 11 is 0. The summed E-state index contributed by atoms with van der Waals surface area (Å²) in [5.74, 6) is 1.30. The zero-order valence-corrected chi connectivity index (χ0v) is 13.8. The standard InChI is InChI=1S/C18H22N2O4/c1-18(13-21)9-4-10-19(12-18)11-14-7-8-17(24-14)15-5-2-3-6-16(15)20(22)23/h2-3,5-8,21H,4,9-13H2,1H3. The molecule has 1 aliphatic rings. The molecule has 1 aliphatic heterocycles. The SMILES string of the molecule is CC1(CO)CCCN(Cc2ccc(-c3ccccc3[N+](=O)[O-])o2)C1. The van der Waals surface area contributed by atoms with Gasteiger partial charge in [-0.25, -0.2) is 0 Å². The van der Waals surface area contributed by atoms with Gasteiger partial charge in [-0.05, 0) is 37.6 Å². The van der Waals surface area contributed by atoms with Gasteiger partial charge in [-0.2, -0.15) is 0 Å². The summed E-state index contributed by atoms with van der Waals surface area (Å²) < 4.78 is 5.86. The highest BCUT2D eigenvalue weighted by molar-refractivity contribution is 5.69. The summed E-state index contributed by atoms with van der Waals surface area (Å²) in [5, 5.41) is 20.7. The molecule has 0 aliphatic carbocycles. The van der Waals surface area contributed by atoms with Crippen molar-refractivity contribution in [3.05, 3.63) is 52.3 Å². The Kier molecular flexibility index (Phi) is 4.69. The largest absolute Gasteiger partial charge is 0.459 e. The normalized spacial score (nSPS) is 21.8. The minimum atomic E-state index is -0.394. The van der Waals surface area contributed by atoms with Crippen molar-refractivity contribution in [2.45, 2.75) is 26.3 Å². The Morgan fingerprint density at radius 3 is 2.88 bits per heavy atom. The Labute approximate surface area is 140 Å². The summed E-state index contributed by atoms with van der Waals surface area (Å²) in [6.45, 7) is 4.72. The highest BCUT2D eigenvalue weighted by Crippen LogP contribution is 2.33. The molecule has 0 spiro atoms. The van der Waals surface area contributed by atoms with E-state index in [4.69, 9.17) is 4.42 Å². The molecular formula is C18H22N2O4. The maximum absolute atomic E-state index is 11.2. The molecule has 6 heteroatoms. The maximum atomic E-state index is 11.2. The van der Waals surface area contributed by atoms with Crippen LogP contribution < -0.4 is 0 Å². The molecular weight excluding hydrogens is 308 g/mol. The Bertz CT molecular complexity index is 727. The quantitative estimate of drug-likeness (QED) is 0.671. The Hall–Kier alpha value is -2.18. The van der Waals surface area contributed by atoms with E-state index >= 15 is 0 Å². The lowest BCUT2D eigenvalue weighted by Crippen LogP contribution is -2.43. The molecule has 2 heterocycles. The zero-order chi connectivity index (χ0) is 17.2. The van der Waals surface area contributed by atoms with Gasteiger partial charge in [0, 0.05) is 24.6 Å². The van der Waals surface area contributed by atoms with Crippen molar-refractivity contribution in [1.29, 1.82) is 0 Å². The highest BCUT2D eigenvalue weighted by atomic mass is 16.6. The van der Waals surface area contributed by atoms with Gasteiger partial charge in [0.1, 0.15) is 11.5 Å². The second kappa shape index (κ2) is 6.75. The van der Waals surface area contributed by atoms with Crippen molar-refractivity contribution in [3.63, 3.8) is 0 Å². The van der Waals surface area contributed by atoms with Gasteiger partial charge in [0.25, 0.3) is 5.69 Å². The summed E-state index contributed by atoms with van der Waals surface area (Å²) in [7, 11) is 0. The van der Waals surface area contributed by atoms with Gasteiger partial charge in [-0.3, -0.25) is 15.0 Å². The van der Waals surface area contributed by atoms with E-state index in [0.717, 1.165) is 31.7 Å². The number of nitro benzene ring substituents is 1. The number of furan rings is 1. The molecule has 1 aromatic heterocycles. The fourth-order valence-electron chi connectivity index (χ4n) is 3.36. The van der Waals surface area contributed by atoms with Crippen LogP contribution in [-0.4, -0.2) is 34.6 Å². The Morgan fingerprint density at radius 1 is 1.33 bits per heavy atom. The van der Waals surface area contributed by atoms with Crippen LogP contribution in [0, 0.1) is 15.5 Å². The van der Waals surface area contributed by atoms with E-state index in [9.17, 15) is 15.2 Å². The first-order valence-electron chi connectivity index (χ1n) is 8.16. The summed E-state index contributed by atoms with van der Waals surface area (Å²) in [5.41, 5.74) is 0.475. The van der Waals surface area contributed by atoms with Gasteiger partial charge in [0.2, 0.25) is 0 Å². The van der Waals surface area contributed by atoms with E-state index < -0.39 is 4.92 Å². The lowest BCUT2D eigenvalue weighted by Gasteiger charge is -2.38. The smallest absolute Gasteiger partial charge is 0.280 e. The van der Waals surface area contributed by atoms with E-state index in [0.29, 0.717) is 17.9 Å². The third-order valence-electron chi connectivity index (χ3n) is 4.65. The molecule has 3 rings (SSSR count). The summed E-state index contributed by atoms with van der Waals surface area (Å²) in [6.07, 6.45) is 2.08. The fourth-order valence-corrected chi connectivity index (χ4v) is 3.36. The lowest BCUT2D eigenvalue weighted by atomic mass is 9.83. The minimum absolute atomic E-state index is 0.0456. The van der Waals surface area contributed by atoms with Gasteiger partial charge in [-0.15, -0.1) is 0 Å². The van der Waals surface area contributed by atoms with Crippen LogP contribution in [0.4, 0.5) is 5.69 Å². The van der Waals surface area contributed by atoms with Gasteiger partial charge >= 0.3 is 0 Å². The van der Waals surface area contributed by atoms with Crippen LogP contribution in [0.1, 0.15) is 25.5 Å². The van der Waals surface area contributed by atoms with Crippen LogP contribution in [0.3, 0.4) is 0 Å². The number of piperidine rings is 1. The van der Waals surface area contributed by atoms with Gasteiger partial charge < -0.3 is 9.52 Å². The van der Waals surface area contributed by atoms with E-state index in [1.807, 2.05) is 6.07 Å². The van der Waals surface area contributed by atoms with Crippen LogP contribution in [0.15, 0.2) is 40.8 Å². The molecule has 1 atom stereocenters. The van der Waals surface area contributed by atoms with Crippen LogP contribution in [0.5, 0.6) is 0 Å². The zero-order valence-electron chi connectivity index (χ0n) is 13.8. The first-order chi connectivity index (χ1) is 11.5. The molecule has 2 aromatic rings. The molecule has 6 nitrogen and oxygen atoms in total. The monoisotopic (exact) mass is 330 g/mol. The van der Waals surface area contributed by atoms with Crippen molar-refractivity contribution in [3.8, 4) is 11.3 Å². The predicted molar refractivity (Wildman–Crippen MR) is 90.5 cm³/mol. The summed E-state index contributed by atoms with van der Waals surface area (Å²) in [6, 6.07) is 10.2. The van der Waals surface area contributed by atoms with E-state index in [1.54, 1.807) is 24.3 Å². The van der Waals surface area contributed by atoms with Crippen molar-refractivity contribution in [1.82, 2.24) is 4.90 Å². The molecule has 1 saturated heterocycles. The molecule has 1 N–H and O–H groups in total. The number of rotatable bonds is 5. The number of para-hydroxylation sites is 1. The number of likely N-dealkylation sites (tertiary alicyclic amines) is 1. The number of nitrogens with zero attached hydrogens (tertiary/aromatic N) is 2. The van der Waals surface area contributed by atoms with Crippen LogP contribution in [0.25, 0.3) is 11.3 Å². The van der Waals surface area contributed by atoms with Crippen molar-refractivity contribution >= 4 is 5.69 Å². The topological polar surface area (TPSA) is 79.8 Å². The molecule has 0 saturated carbocycles. The van der Waals surface area contributed by atoms with Crippen molar-refractivity contribution < 1.29 is 14.4 Å². The maximum Gasteiger partial charge on any atom is 0.280 e. The van der Waals surface area contributed by atoms with Crippen LogP contribution in [-0.2, 0) is 6.54 Å². The highest BCUT2D eigenvalue weighted by Gasteiger charge is 2.30. The second-order valence-corrected chi connectivity index (χ2v) is 6.82. The molecule has 0 radical (unpaired) electrons. The minimum Gasteiger partial charge on any atom is -0.459 e. The van der Waals surface area contributed by atoms with E-state index in [-0.39, 0.29) is 17.7 Å². The van der Waals surface area contributed by atoms with Crippen molar-refractivity contribution in [2.24, 2.45) is 5.41 Å². The molecule has 1 aromatic carbocycles. The molecule has 24 heavy (non-hydrogen) atoms. The average molecular weight is 330 g/mol. The van der Waals surface area contributed by atoms with Gasteiger partial charge in [0.15, 0.2) is 0 Å². The lowest BCUT2D eigenvalue weighted by molar-refractivity contribution is -0.384. The Morgan fingerprint density at radius 2 is 2.12 bits per heavy atom. The number of nitro groups is 1. The molecule has 128 valence electrons. The number of aliphatic hydroxyl groups is 1. The fraction of sp³-hybridized carbons (Fsp3) is 0.444. The summed E-state index contributed by atoms with van der Waals surface area (Å²) in [4.78, 5) is 13.0. The number of aliphatic hydroxyl groups excluding tert-OH is 1. The molecule has 0 amide bonds. The number of hydrogen-bond donors (Lipinski definition) is 1. The van der Waals surface area contributed by atoms with Crippen LogP contribution >= 0.6 is 0 Å². The van der Waals surface area contributed by atoms with Crippen LogP contribution in [0.2, 0.25) is 0 Å². The van der Waals surface area contributed by atoms with Gasteiger partial charge in [0.05, 0.1) is 17.0 Å².